The summed E-state index contributed by atoms with van der Waals surface area (Å²) in [5, 5.41) is 11.8. The van der Waals surface area contributed by atoms with Crippen LogP contribution in [-0.4, -0.2) is 41.1 Å². The molecule has 1 saturated carbocycles. The van der Waals surface area contributed by atoms with Gasteiger partial charge in [-0.1, -0.05) is 19.8 Å². The Morgan fingerprint density at radius 2 is 1.94 bits per heavy atom. The van der Waals surface area contributed by atoms with E-state index < -0.39 is 11.5 Å². The topological polar surface area (TPSA) is 69.6 Å². The summed E-state index contributed by atoms with van der Waals surface area (Å²) in [6.45, 7) is 2.70. The van der Waals surface area contributed by atoms with Crippen molar-refractivity contribution in [3.8, 4) is 0 Å². The van der Waals surface area contributed by atoms with Gasteiger partial charge in [-0.15, -0.1) is 0 Å². The van der Waals surface area contributed by atoms with E-state index in [0.29, 0.717) is 6.54 Å². The third kappa shape index (κ3) is 3.91. The highest BCUT2D eigenvalue weighted by molar-refractivity contribution is 5.76. The van der Waals surface area contributed by atoms with Gasteiger partial charge in [0.25, 0.3) is 0 Å². The van der Waals surface area contributed by atoms with Crippen LogP contribution in [0.4, 0.5) is 4.79 Å². The van der Waals surface area contributed by atoms with E-state index >= 15 is 0 Å². The molecule has 1 fully saturated rings. The van der Waals surface area contributed by atoms with Crippen molar-refractivity contribution in [1.29, 1.82) is 0 Å². The summed E-state index contributed by atoms with van der Waals surface area (Å²) in [6.07, 6.45) is 4.45. The molecule has 1 aliphatic carbocycles. The molecule has 1 aliphatic rings. The average Bonchev–Trinajstić information content (AvgIpc) is 2.65. The summed E-state index contributed by atoms with van der Waals surface area (Å²) < 4.78 is 0. The molecule has 0 bridgehead atoms. The summed E-state index contributed by atoms with van der Waals surface area (Å²) >= 11 is 0. The van der Waals surface area contributed by atoms with Gasteiger partial charge < -0.3 is 15.3 Å². The maximum absolute atomic E-state index is 11.9. The van der Waals surface area contributed by atoms with E-state index in [9.17, 15) is 9.59 Å². The minimum Gasteiger partial charge on any atom is -0.481 e. The molecule has 2 N–H and O–H groups in total. The lowest BCUT2D eigenvalue weighted by Gasteiger charge is -2.31. The SMILES string of the molecule is CCCN(C)C(=O)NC1(CC(=O)O)CCCC1. The maximum Gasteiger partial charge on any atom is 0.317 e. The molecule has 0 aromatic carbocycles. The van der Waals surface area contributed by atoms with Gasteiger partial charge in [-0.2, -0.15) is 0 Å². The number of aliphatic carboxylic acids is 1. The van der Waals surface area contributed by atoms with Crippen LogP contribution in [0, 0.1) is 0 Å². The van der Waals surface area contributed by atoms with Crippen LogP contribution in [-0.2, 0) is 4.79 Å². The number of urea groups is 1. The third-order valence-electron chi connectivity index (χ3n) is 3.33. The van der Waals surface area contributed by atoms with Crippen molar-refractivity contribution >= 4 is 12.0 Å². The van der Waals surface area contributed by atoms with Crippen LogP contribution >= 0.6 is 0 Å². The molecule has 5 heteroatoms. The summed E-state index contributed by atoms with van der Waals surface area (Å²) in [7, 11) is 1.74. The van der Waals surface area contributed by atoms with Gasteiger partial charge >= 0.3 is 12.0 Å². The second kappa shape index (κ2) is 5.89. The summed E-state index contributed by atoms with van der Waals surface area (Å²) in [4.78, 5) is 24.4. The fraction of sp³-hybridized carbons (Fsp3) is 0.833. The zero-order valence-electron chi connectivity index (χ0n) is 10.7. The zero-order valence-corrected chi connectivity index (χ0v) is 10.7. The van der Waals surface area contributed by atoms with Gasteiger partial charge in [-0.05, 0) is 19.3 Å². The van der Waals surface area contributed by atoms with Crippen LogP contribution in [0.25, 0.3) is 0 Å². The predicted octanol–water partition coefficient (Wildman–Crippen LogP) is 1.83. The van der Waals surface area contributed by atoms with Crippen molar-refractivity contribution in [2.45, 2.75) is 51.0 Å². The third-order valence-corrected chi connectivity index (χ3v) is 3.33. The number of hydrogen-bond donors (Lipinski definition) is 2. The normalized spacial score (nSPS) is 17.8. The zero-order chi connectivity index (χ0) is 12.9. The number of rotatable bonds is 5. The molecular weight excluding hydrogens is 220 g/mol. The van der Waals surface area contributed by atoms with Crippen LogP contribution < -0.4 is 5.32 Å². The van der Waals surface area contributed by atoms with E-state index in [1.165, 1.54) is 0 Å². The van der Waals surface area contributed by atoms with Crippen LogP contribution in [0.15, 0.2) is 0 Å². The van der Waals surface area contributed by atoms with Gasteiger partial charge in [0.05, 0.1) is 12.0 Å². The molecule has 0 unspecified atom stereocenters. The Labute approximate surface area is 102 Å². The van der Waals surface area contributed by atoms with Gasteiger partial charge in [0, 0.05) is 13.6 Å². The van der Waals surface area contributed by atoms with Crippen LogP contribution in [0.1, 0.15) is 45.4 Å². The Hall–Kier alpha value is -1.26. The first kappa shape index (κ1) is 13.8. The first-order valence-electron chi connectivity index (χ1n) is 6.24. The highest BCUT2D eigenvalue weighted by atomic mass is 16.4. The van der Waals surface area contributed by atoms with Crippen molar-refractivity contribution in [2.75, 3.05) is 13.6 Å². The lowest BCUT2D eigenvalue weighted by Crippen LogP contribution is -2.52. The summed E-state index contributed by atoms with van der Waals surface area (Å²) in [6, 6.07) is -0.157. The van der Waals surface area contributed by atoms with Crippen LogP contribution in [0.5, 0.6) is 0 Å². The van der Waals surface area contributed by atoms with E-state index in [1.54, 1.807) is 11.9 Å². The van der Waals surface area contributed by atoms with Gasteiger partial charge in [-0.3, -0.25) is 4.79 Å². The van der Waals surface area contributed by atoms with Gasteiger partial charge in [0.1, 0.15) is 0 Å². The van der Waals surface area contributed by atoms with E-state index in [4.69, 9.17) is 5.11 Å². The number of amides is 2. The number of carboxylic acid groups (broad SMARTS) is 1. The van der Waals surface area contributed by atoms with Crippen molar-refractivity contribution in [1.82, 2.24) is 10.2 Å². The van der Waals surface area contributed by atoms with Crippen molar-refractivity contribution in [3.05, 3.63) is 0 Å². The largest absolute Gasteiger partial charge is 0.481 e. The predicted molar refractivity (Wildman–Crippen MR) is 64.9 cm³/mol. The molecule has 0 aromatic rings. The molecule has 0 aliphatic heterocycles. The maximum atomic E-state index is 11.9. The molecule has 0 saturated heterocycles. The second-order valence-electron chi connectivity index (χ2n) is 4.91. The average molecular weight is 242 g/mol. The van der Waals surface area contributed by atoms with Crippen molar-refractivity contribution in [2.24, 2.45) is 0 Å². The smallest absolute Gasteiger partial charge is 0.317 e. The standard InChI is InChI=1S/C12H22N2O3/c1-3-8-14(2)11(17)13-12(9-10(15)16)6-4-5-7-12/h3-9H2,1-2H3,(H,13,17)(H,15,16). The molecule has 17 heavy (non-hydrogen) atoms. The molecular formula is C12H22N2O3. The van der Waals surface area contributed by atoms with E-state index in [-0.39, 0.29) is 12.5 Å². The molecule has 0 aromatic heterocycles. The fourth-order valence-electron chi connectivity index (χ4n) is 2.45. The van der Waals surface area contributed by atoms with E-state index in [1.807, 2.05) is 6.92 Å². The first-order valence-corrected chi connectivity index (χ1v) is 6.24. The Balaban J connectivity index is 2.60. The number of carboxylic acids is 1. The Morgan fingerprint density at radius 1 is 1.35 bits per heavy atom. The van der Waals surface area contributed by atoms with Crippen LogP contribution in [0.2, 0.25) is 0 Å². The number of nitrogens with one attached hydrogen (secondary N) is 1. The lowest BCUT2D eigenvalue weighted by atomic mass is 9.93. The Morgan fingerprint density at radius 3 is 2.41 bits per heavy atom. The number of carbonyl (C=O) groups is 2. The van der Waals surface area contributed by atoms with Crippen molar-refractivity contribution < 1.29 is 14.7 Å². The fourth-order valence-corrected chi connectivity index (χ4v) is 2.45. The monoisotopic (exact) mass is 242 g/mol. The molecule has 0 spiro atoms. The Bertz CT molecular complexity index is 285. The Kier molecular flexibility index (Phi) is 4.78. The molecule has 0 radical (unpaired) electrons. The molecule has 1 rings (SSSR count). The van der Waals surface area contributed by atoms with Gasteiger partial charge in [-0.25, -0.2) is 4.79 Å². The lowest BCUT2D eigenvalue weighted by molar-refractivity contribution is -0.138. The minimum atomic E-state index is -0.842. The van der Waals surface area contributed by atoms with Gasteiger partial charge in [0.2, 0.25) is 0 Å². The number of carbonyl (C=O) groups excluding carboxylic acids is 1. The number of hydrogen-bond acceptors (Lipinski definition) is 2. The summed E-state index contributed by atoms with van der Waals surface area (Å²) in [5.41, 5.74) is -0.523. The van der Waals surface area contributed by atoms with Gasteiger partial charge in [0.15, 0.2) is 0 Å². The van der Waals surface area contributed by atoms with Crippen molar-refractivity contribution in [3.63, 3.8) is 0 Å². The first-order chi connectivity index (χ1) is 7.99. The molecule has 0 atom stereocenters. The molecule has 5 nitrogen and oxygen atoms in total. The molecule has 2 amide bonds. The summed E-state index contributed by atoms with van der Waals surface area (Å²) in [5.74, 6) is -0.842. The second-order valence-corrected chi connectivity index (χ2v) is 4.91. The molecule has 98 valence electrons. The number of nitrogens with zero attached hydrogens (tertiary/aromatic N) is 1. The highest BCUT2D eigenvalue weighted by Crippen LogP contribution is 2.32. The molecule has 0 heterocycles. The van der Waals surface area contributed by atoms with E-state index in [0.717, 1.165) is 32.1 Å². The quantitative estimate of drug-likeness (QED) is 0.772. The minimum absolute atomic E-state index is 0.0265. The highest BCUT2D eigenvalue weighted by Gasteiger charge is 2.37. The van der Waals surface area contributed by atoms with Crippen LogP contribution in [0.3, 0.4) is 0 Å². The van der Waals surface area contributed by atoms with E-state index in [2.05, 4.69) is 5.32 Å².